The number of rotatable bonds is 3. The Morgan fingerprint density at radius 3 is 2.69 bits per heavy atom. The van der Waals surface area contributed by atoms with Crippen LogP contribution in [0.15, 0.2) is 18.7 Å². The topological polar surface area (TPSA) is 64.9 Å². The van der Waals surface area contributed by atoms with Crippen LogP contribution >= 0.6 is 0 Å². The SMILES string of the molecule is CNc1ncnc(-n2ccnc2C)c1OC. The first kappa shape index (κ1) is 10.4. The molecule has 0 aliphatic heterocycles. The summed E-state index contributed by atoms with van der Waals surface area (Å²) in [6.07, 6.45) is 5.04. The third-order valence-electron chi connectivity index (χ3n) is 2.28. The second kappa shape index (κ2) is 4.18. The molecule has 1 N–H and O–H groups in total. The monoisotopic (exact) mass is 219 g/mol. The number of nitrogens with zero attached hydrogens (tertiary/aromatic N) is 4. The van der Waals surface area contributed by atoms with Crippen molar-refractivity contribution in [3.8, 4) is 11.6 Å². The summed E-state index contributed by atoms with van der Waals surface area (Å²) in [5.41, 5.74) is 0. The summed E-state index contributed by atoms with van der Waals surface area (Å²) in [7, 11) is 3.38. The Morgan fingerprint density at radius 2 is 2.12 bits per heavy atom. The molecule has 0 saturated carbocycles. The van der Waals surface area contributed by atoms with Gasteiger partial charge < -0.3 is 10.1 Å². The lowest BCUT2D eigenvalue weighted by Gasteiger charge is -2.12. The molecule has 2 rings (SSSR count). The van der Waals surface area contributed by atoms with Gasteiger partial charge in [0, 0.05) is 19.4 Å². The van der Waals surface area contributed by atoms with Crippen molar-refractivity contribution in [3.05, 3.63) is 24.5 Å². The Balaban J connectivity index is 2.61. The number of imidazole rings is 1. The lowest BCUT2D eigenvalue weighted by molar-refractivity contribution is 0.410. The molecule has 6 nitrogen and oxygen atoms in total. The van der Waals surface area contributed by atoms with Crippen molar-refractivity contribution < 1.29 is 4.74 Å². The average molecular weight is 219 g/mol. The number of anilines is 1. The molecule has 2 aromatic heterocycles. The first-order valence-electron chi connectivity index (χ1n) is 4.85. The van der Waals surface area contributed by atoms with Crippen LogP contribution in [0.1, 0.15) is 5.82 Å². The Bertz CT molecular complexity index is 494. The zero-order valence-corrected chi connectivity index (χ0v) is 9.43. The van der Waals surface area contributed by atoms with Gasteiger partial charge in [-0.3, -0.25) is 4.57 Å². The van der Waals surface area contributed by atoms with Gasteiger partial charge in [0.1, 0.15) is 12.2 Å². The summed E-state index contributed by atoms with van der Waals surface area (Å²) < 4.78 is 7.16. The molecule has 0 unspecified atom stereocenters. The molecule has 16 heavy (non-hydrogen) atoms. The minimum Gasteiger partial charge on any atom is -0.490 e. The van der Waals surface area contributed by atoms with Crippen LogP contribution in [-0.4, -0.2) is 33.7 Å². The van der Waals surface area contributed by atoms with E-state index in [1.165, 1.54) is 6.33 Å². The van der Waals surface area contributed by atoms with E-state index in [0.29, 0.717) is 17.4 Å². The highest BCUT2D eigenvalue weighted by atomic mass is 16.5. The van der Waals surface area contributed by atoms with Gasteiger partial charge >= 0.3 is 0 Å². The number of nitrogens with one attached hydrogen (secondary N) is 1. The van der Waals surface area contributed by atoms with Crippen LogP contribution < -0.4 is 10.1 Å². The normalized spacial score (nSPS) is 10.2. The van der Waals surface area contributed by atoms with Crippen LogP contribution in [0.5, 0.6) is 5.75 Å². The van der Waals surface area contributed by atoms with E-state index in [0.717, 1.165) is 5.82 Å². The molecule has 0 fully saturated rings. The summed E-state index contributed by atoms with van der Waals surface area (Å²) in [5.74, 6) is 2.78. The number of hydrogen-bond acceptors (Lipinski definition) is 5. The Kier molecular flexibility index (Phi) is 2.72. The summed E-state index contributed by atoms with van der Waals surface area (Å²) in [6, 6.07) is 0. The number of hydrogen-bond donors (Lipinski definition) is 1. The van der Waals surface area contributed by atoms with Gasteiger partial charge in [0.15, 0.2) is 11.6 Å². The van der Waals surface area contributed by atoms with Gasteiger partial charge in [-0.1, -0.05) is 0 Å². The maximum Gasteiger partial charge on any atom is 0.205 e. The smallest absolute Gasteiger partial charge is 0.205 e. The van der Waals surface area contributed by atoms with Crippen molar-refractivity contribution in [2.24, 2.45) is 0 Å². The molecule has 0 amide bonds. The molecule has 84 valence electrons. The van der Waals surface area contributed by atoms with Crippen LogP contribution in [0.25, 0.3) is 5.82 Å². The molecule has 0 aromatic carbocycles. The molecule has 0 spiro atoms. The maximum absolute atomic E-state index is 5.31. The Morgan fingerprint density at radius 1 is 1.31 bits per heavy atom. The molecule has 0 aliphatic rings. The van der Waals surface area contributed by atoms with Crippen molar-refractivity contribution in [1.82, 2.24) is 19.5 Å². The second-order valence-corrected chi connectivity index (χ2v) is 3.17. The molecule has 0 saturated heterocycles. The fourth-order valence-corrected chi connectivity index (χ4v) is 1.50. The zero-order chi connectivity index (χ0) is 11.5. The summed E-state index contributed by atoms with van der Waals surface area (Å²) in [4.78, 5) is 12.4. The van der Waals surface area contributed by atoms with Crippen LogP contribution in [0.2, 0.25) is 0 Å². The van der Waals surface area contributed by atoms with Crippen LogP contribution in [0.3, 0.4) is 0 Å². The van der Waals surface area contributed by atoms with Crippen molar-refractivity contribution >= 4 is 5.82 Å². The number of methoxy groups -OCH3 is 1. The molecule has 6 heteroatoms. The first-order valence-corrected chi connectivity index (χ1v) is 4.85. The standard InChI is InChI=1S/C10H13N5O/c1-7-12-4-5-15(7)10-8(16-3)9(11-2)13-6-14-10/h4-6H,1-3H3,(H,11,13,14). The number of aryl methyl sites for hydroxylation is 1. The van der Waals surface area contributed by atoms with E-state index in [4.69, 9.17) is 4.74 Å². The number of aromatic nitrogens is 4. The zero-order valence-electron chi connectivity index (χ0n) is 9.43. The van der Waals surface area contributed by atoms with Gasteiger partial charge in [-0.2, -0.15) is 0 Å². The van der Waals surface area contributed by atoms with Crippen LogP contribution in [0, 0.1) is 6.92 Å². The van der Waals surface area contributed by atoms with Gasteiger partial charge in [-0.05, 0) is 6.92 Å². The van der Waals surface area contributed by atoms with Crippen molar-refractivity contribution in [2.45, 2.75) is 6.92 Å². The minimum absolute atomic E-state index is 0.603. The molecule has 2 heterocycles. The quantitative estimate of drug-likeness (QED) is 0.835. The van der Waals surface area contributed by atoms with Crippen molar-refractivity contribution in [2.75, 3.05) is 19.5 Å². The van der Waals surface area contributed by atoms with E-state index >= 15 is 0 Å². The molecule has 0 atom stereocenters. The van der Waals surface area contributed by atoms with E-state index in [-0.39, 0.29) is 0 Å². The predicted octanol–water partition coefficient (Wildman–Crippen LogP) is 1.02. The third-order valence-corrected chi connectivity index (χ3v) is 2.28. The lowest BCUT2D eigenvalue weighted by Crippen LogP contribution is -2.06. The van der Waals surface area contributed by atoms with Gasteiger partial charge in [-0.25, -0.2) is 15.0 Å². The van der Waals surface area contributed by atoms with E-state index in [1.54, 1.807) is 20.4 Å². The van der Waals surface area contributed by atoms with Gasteiger partial charge in [0.05, 0.1) is 7.11 Å². The summed E-state index contributed by atoms with van der Waals surface area (Å²) in [5, 5.41) is 2.96. The van der Waals surface area contributed by atoms with Crippen molar-refractivity contribution in [1.29, 1.82) is 0 Å². The average Bonchev–Trinajstić information content (AvgIpc) is 2.74. The molecule has 0 bridgehead atoms. The van der Waals surface area contributed by atoms with Gasteiger partial charge in [-0.15, -0.1) is 0 Å². The fourth-order valence-electron chi connectivity index (χ4n) is 1.50. The van der Waals surface area contributed by atoms with E-state index in [2.05, 4.69) is 20.3 Å². The van der Waals surface area contributed by atoms with Gasteiger partial charge in [0.2, 0.25) is 5.75 Å². The second-order valence-electron chi connectivity index (χ2n) is 3.17. The highest BCUT2D eigenvalue weighted by Gasteiger charge is 2.13. The lowest BCUT2D eigenvalue weighted by atomic mass is 10.4. The minimum atomic E-state index is 0.603. The molecule has 0 aliphatic carbocycles. The number of ether oxygens (including phenoxy) is 1. The molecular weight excluding hydrogens is 206 g/mol. The predicted molar refractivity (Wildman–Crippen MR) is 60.0 cm³/mol. The van der Waals surface area contributed by atoms with Crippen molar-refractivity contribution in [3.63, 3.8) is 0 Å². The summed E-state index contributed by atoms with van der Waals surface area (Å²) >= 11 is 0. The van der Waals surface area contributed by atoms with Gasteiger partial charge in [0.25, 0.3) is 0 Å². The Labute approximate surface area is 93.3 Å². The van der Waals surface area contributed by atoms with E-state index in [1.807, 2.05) is 17.7 Å². The van der Waals surface area contributed by atoms with Crippen LogP contribution in [0.4, 0.5) is 5.82 Å². The molecular formula is C10H13N5O. The first-order chi connectivity index (χ1) is 7.77. The third kappa shape index (κ3) is 1.58. The molecule has 2 aromatic rings. The largest absolute Gasteiger partial charge is 0.490 e. The highest BCUT2D eigenvalue weighted by molar-refractivity contribution is 5.58. The van der Waals surface area contributed by atoms with E-state index < -0.39 is 0 Å². The maximum atomic E-state index is 5.31. The fraction of sp³-hybridized carbons (Fsp3) is 0.300. The van der Waals surface area contributed by atoms with E-state index in [9.17, 15) is 0 Å². The highest BCUT2D eigenvalue weighted by Crippen LogP contribution is 2.27. The Hall–Kier alpha value is -2.11. The van der Waals surface area contributed by atoms with Crippen LogP contribution in [-0.2, 0) is 0 Å². The summed E-state index contributed by atoms with van der Waals surface area (Å²) in [6.45, 7) is 1.90. The molecule has 0 radical (unpaired) electrons.